The summed E-state index contributed by atoms with van der Waals surface area (Å²) >= 11 is 0. The molecule has 0 saturated heterocycles. The highest BCUT2D eigenvalue weighted by molar-refractivity contribution is 5.84. The fourth-order valence-electron chi connectivity index (χ4n) is 3.64. The van der Waals surface area contributed by atoms with Gasteiger partial charge in [-0.25, -0.2) is 0 Å². The summed E-state index contributed by atoms with van der Waals surface area (Å²) in [6, 6.07) is 8.53. The molecule has 0 heterocycles. The minimum atomic E-state index is -1.19. The molecule has 0 aliphatic carbocycles. The molecule has 2 aromatic rings. The average molecular weight is 590 g/mol. The van der Waals surface area contributed by atoms with E-state index >= 15 is 0 Å². The molecule has 0 aliphatic rings. The zero-order valence-electron chi connectivity index (χ0n) is 24.1. The fraction of sp³-hybridized carbons (Fsp3) is 0.429. The second-order valence-electron chi connectivity index (χ2n) is 8.60. The van der Waals surface area contributed by atoms with Crippen molar-refractivity contribution < 1.29 is 39.2 Å². The van der Waals surface area contributed by atoms with Crippen LogP contribution in [-0.4, -0.2) is 52.6 Å². The highest BCUT2D eigenvalue weighted by Crippen LogP contribution is 2.24. The molecule has 0 aliphatic heterocycles. The lowest BCUT2D eigenvalue weighted by atomic mass is 10.0. The molecule has 14 nitrogen and oxygen atoms in total. The maximum atomic E-state index is 11.8. The van der Waals surface area contributed by atoms with Gasteiger partial charge in [-0.1, -0.05) is 13.8 Å². The van der Waals surface area contributed by atoms with Gasteiger partial charge in [-0.15, -0.1) is 0 Å². The number of carboxylic acid groups (broad SMARTS) is 2. The van der Waals surface area contributed by atoms with Gasteiger partial charge in [0, 0.05) is 87.8 Å². The first-order chi connectivity index (χ1) is 19.9. The Hall–Kier alpha value is -4.88. The summed E-state index contributed by atoms with van der Waals surface area (Å²) in [5.41, 5.74) is 2.21. The van der Waals surface area contributed by atoms with Crippen molar-refractivity contribution in [3.8, 4) is 0 Å². The van der Waals surface area contributed by atoms with Gasteiger partial charge in [-0.05, 0) is 42.5 Å². The summed E-state index contributed by atoms with van der Waals surface area (Å²) in [5.74, 6) is -2.43. The normalized spacial score (nSPS) is 9.71. The number of carbonyl (C=O) groups excluding carboxylic acids is 3. The third kappa shape index (κ3) is 14.5. The van der Waals surface area contributed by atoms with E-state index in [1.54, 1.807) is 26.2 Å². The third-order valence-electron chi connectivity index (χ3n) is 5.60. The van der Waals surface area contributed by atoms with Crippen LogP contribution in [0.1, 0.15) is 63.5 Å². The summed E-state index contributed by atoms with van der Waals surface area (Å²) in [6.45, 7) is 4.00. The maximum absolute atomic E-state index is 11.8. The lowest BCUT2D eigenvalue weighted by Gasteiger charge is -2.08. The number of nitro groups is 2. The van der Waals surface area contributed by atoms with Gasteiger partial charge in [0.15, 0.2) is 0 Å². The lowest BCUT2D eigenvalue weighted by Crippen LogP contribution is -2.21. The van der Waals surface area contributed by atoms with Gasteiger partial charge in [-0.3, -0.25) is 34.6 Å². The number of rotatable bonds is 16. The van der Waals surface area contributed by atoms with Gasteiger partial charge in [0.05, 0.1) is 9.85 Å². The number of ketones is 2. The van der Waals surface area contributed by atoms with Crippen LogP contribution >= 0.6 is 0 Å². The number of Topliss-reactive ketones (excluding diaryl/α,β-unsaturated/α-hetero) is 2. The van der Waals surface area contributed by atoms with Gasteiger partial charge < -0.3 is 25.6 Å². The molecule has 0 saturated carbocycles. The fourth-order valence-corrected chi connectivity index (χ4v) is 3.64. The Morgan fingerprint density at radius 3 is 1.40 bits per heavy atom. The SMILES string of the molecule is CC.CNc1ccc([N+](=O)[O-])cc1CC(=O)CCCC(=O)O.CNc1ccc([N+](=O)[O-])cc1CC(=O)CCCC(=O)[O-]. The molecule has 0 amide bonds. The van der Waals surface area contributed by atoms with E-state index in [0.29, 0.717) is 22.5 Å². The van der Waals surface area contributed by atoms with Crippen LogP contribution in [0.5, 0.6) is 0 Å². The van der Waals surface area contributed by atoms with E-state index in [4.69, 9.17) is 5.11 Å². The second kappa shape index (κ2) is 20.1. The molecule has 3 N–H and O–H groups in total. The van der Waals surface area contributed by atoms with Gasteiger partial charge in [-0.2, -0.15) is 0 Å². The van der Waals surface area contributed by atoms with Crippen molar-refractivity contribution in [3.05, 3.63) is 67.8 Å². The number of hydrogen-bond acceptors (Lipinski definition) is 11. The monoisotopic (exact) mass is 589 g/mol. The van der Waals surface area contributed by atoms with E-state index in [-0.39, 0.29) is 74.3 Å². The molecule has 0 aromatic heterocycles. The molecule has 0 atom stereocenters. The van der Waals surface area contributed by atoms with E-state index in [0.717, 1.165) is 0 Å². The van der Waals surface area contributed by atoms with Crippen LogP contribution in [0.3, 0.4) is 0 Å². The van der Waals surface area contributed by atoms with E-state index in [2.05, 4.69) is 10.6 Å². The number of hydrogen-bond donors (Lipinski definition) is 3. The number of aliphatic carboxylic acids is 2. The molecule has 0 unspecified atom stereocenters. The van der Waals surface area contributed by atoms with Crippen molar-refractivity contribution in [2.24, 2.45) is 0 Å². The quantitative estimate of drug-likeness (QED) is 0.188. The summed E-state index contributed by atoms with van der Waals surface area (Å²) in [5, 5.41) is 45.9. The van der Waals surface area contributed by atoms with E-state index in [9.17, 15) is 44.5 Å². The summed E-state index contributed by atoms with van der Waals surface area (Å²) in [7, 11) is 3.32. The highest BCUT2D eigenvalue weighted by Gasteiger charge is 2.14. The predicted octanol–water partition coefficient (Wildman–Crippen LogP) is 3.70. The average Bonchev–Trinajstić information content (AvgIpc) is 2.93. The van der Waals surface area contributed by atoms with Crippen LogP contribution in [0.2, 0.25) is 0 Å². The number of nitrogens with zero attached hydrogens (tertiary/aromatic N) is 2. The van der Waals surface area contributed by atoms with Crippen LogP contribution in [0, 0.1) is 20.2 Å². The number of carboxylic acids is 2. The molecular weight excluding hydrogens is 552 g/mol. The maximum Gasteiger partial charge on any atom is 0.303 e. The first-order valence-electron chi connectivity index (χ1n) is 13.2. The van der Waals surface area contributed by atoms with Crippen LogP contribution in [0.25, 0.3) is 0 Å². The van der Waals surface area contributed by atoms with Crippen LogP contribution < -0.4 is 15.7 Å². The molecular formula is C28H37N4O10-. The summed E-state index contributed by atoms with van der Waals surface area (Å²) < 4.78 is 0. The van der Waals surface area contributed by atoms with Gasteiger partial charge in [0.25, 0.3) is 11.4 Å². The Morgan fingerprint density at radius 2 is 1.10 bits per heavy atom. The summed E-state index contributed by atoms with van der Waals surface area (Å²) in [6.07, 6.45) is 0.614. The summed E-state index contributed by atoms with van der Waals surface area (Å²) in [4.78, 5) is 64.5. The Morgan fingerprint density at radius 1 is 0.714 bits per heavy atom. The number of carbonyl (C=O) groups is 4. The van der Waals surface area contributed by atoms with E-state index in [1.165, 1.54) is 24.3 Å². The van der Waals surface area contributed by atoms with Crippen molar-refractivity contribution in [1.29, 1.82) is 0 Å². The topological polar surface area (TPSA) is 222 Å². The van der Waals surface area contributed by atoms with Crippen molar-refractivity contribution in [3.63, 3.8) is 0 Å². The van der Waals surface area contributed by atoms with E-state index in [1.807, 2.05) is 13.8 Å². The number of benzene rings is 2. The van der Waals surface area contributed by atoms with Crippen molar-refractivity contribution in [2.75, 3.05) is 24.7 Å². The first kappa shape index (κ1) is 37.1. The second-order valence-corrected chi connectivity index (χ2v) is 8.60. The Kier molecular flexibility index (Phi) is 17.7. The molecule has 0 radical (unpaired) electrons. The largest absolute Gasteiger partial charge is 0.550 e. The molecule has 0 bridgehead atoms. The van der Waals surface area contributed by atoms with E-state index < -0.39 is 21.8 Å². The van der Waals surface area contributed by atoms with Gasteiger partial charge in [0.1, 0.15) is 11.6 Å². The molecule has 2 aromatic carbocycles. The Bertz CT molecular complexity index is 1150. The van der Waals surface area contributed by atoms with Crippen molar-refractivity contribution >= 4 is 46.3 Å². The zero-order chi connectivity index (χ0) is 32.2. The van der Waals surface area contributed by atoms with Crippen molar-refractivity contribution in [1.82, 2.24) is 0 Å². The van der Waals surface area contributed by atoms with Crippen LogP contribution in [0.15, 0.2) is 36.4 Å². The molecule has 2 rings (SSSR count). The molecule has 0 fully saturated rings. The number of nitrogens with one attached hydrogen (secondary N) is 2. The minimum absolute atomic E-state index is 0.0326. The molecule has 0 spiro atoms. The molecule has 42 heavy (non-hydrogen) atoms. The van der Waals surface area contributed by atoms with Crippen molar-refractivity contribution in [2.45, 2.75) is 65.2 Å². The zero-order valence-corrected chi connectivity index (χ0v) is 24.1. The first-order valence-corrected chi connectivity index (χ1v) is 13.2. The Labute approximate surface area is 243 Å². The Balaban J connectivity index is 0.000000756. The smallest absolute Gasteiger partial charge is 0.303 e. The van der Waals surface area contributed by atoms with Crippen LogP contribution in [-0.2, 0) is 32.0 Å². The molecule has 230 valence electrons. The number of anilines is 2. The predicted molar refractivity (Wildman–Crippen MR) is 154 cm³/mol. The molecule has 14 heteroatoms. The lowest BCUT2D eigenvalue weighted by molar-refractivity contribution is -0.385. The number of non-ortho nitro benzene ring substituents is 2. The number of nitro benzene ring substituents is 2. The highest BCUT2D eigenvalue weighted by atomic mass is 16.6. The van der Waals surface area contributed by atoms with Crippen LogP contribution in [0.4, 0.5) is 22.7 Å². The van der Waals surface area contributed by atoms with Gasteiger partial charge >= 0.3 is 5.97 Å². The van der Waals surface area contributed by atoms with Gasteiger partial charge in [0.2, 0.25) is 0 Å². The minimum Gasteiger partial charge on any atom is -0.550 e. The third-order valence-corrected chi connectivity index (χ3v) is 5.60. The standard InChI is InChI=1S/2C13H16N2O5.C2H6/c2*1-14-12-6-5-10(15(19)20)7-9(12)8-11(16)3-2-4-13(17)18;1-2/h2*5-7,14H,2-4,8H2,1H3,(H,17,18);1-2H3/p-1.